The Morgan fingerprint density at radius 3 is 2.42 bits per heavy atom. The van der Waals surface area contributed by atoms with Gasteiger partial charge in [0.2, 0.25) is 0 Å². The molecule has 0 fully saturated rings. The molecule has 19 heavy (non-hydrogen) atoms. The van der Waals surface area contributed by atoms with E-state index in [0.717, 1.165) is 22.4 Å². The number of nitriles is 1. The van der Waals surface area contributed by atoms with Gasteiger partial charge in [-0.15, -0.1) is 0 Å². The van der Waals surface area contributed by atoms with Crippen LogP contribution in [-0.2, 0) is 0 Å². The second-order valence-electron chi connectivity index (χ2n) is 4.33. The van der Waals surface area contributed by atoms with E-state index in [1.165, 1.54) is 5.56 Å². The molecule has 0 aliphatic heterocycles. The molecule has 0 radical (unpaired) electrons. The number of aryl methyl sites for hydroxylation is 1. The highest BCUT2D eigenvalue weighted by Gasteiger charge is 2.13. The summed E-state index contributed by atoms with van der Waals surface area (Å²) in [5.74, 6) is 0. The van der Waals surface area contributed by atoms with Crippen LogP contribution < -0.4 is 4.90 Å². The molecule has 2 aromatic carbocycles. The van der Waals surface area contributed by atoms with Crippen LogP contribution in [0.1, 0.15) is 18.1 Å². The number of halogens is 1. The van der Waals surface area contributed by atoms with Crippen molar-refractivity contribution in [3.8, 4) is 6.07 Å². The van der Waals surface area contributed by atoms with Gasteiger partial charge in [-0.2, -0.15) is 5.26 Å². The summed E-state index contributed by atoms with van der Waals surface area (Å²) in [5.41, 5.74) is 3.94. The van der Waals surface area contributed by atoms with Crippen LogP contribution in [0.4, 0.5) is 11.4 Å². The molecule has 0 spiro atoms. The van der Waals surface area contributed by atoms with Crippen molar-refractivity contribution in [2.45, 2.75) is 13.8 Å². The van der Waals surface area contributed by atoms with Gasteiger partial charge in [0, 0.05) is 16.7 Å². The Kier molecular flexibility index (Phi) is 4.24. The second-order valence-corrected chi connectivity index (χ2v) is 5.18. The first kappa shape index (κ1) is 13.6. The highest BCUT2D eigenvalue weighted by atomic mass is 79.9. The second kappa shape index (κ2) is 5.90. The van der Waals surface area contributed by atoms with Crippen molar-refractivity contribution in [1.82, 2.24) is 0 Å². The molecule has 0 saturated heterocycles. The summed E-state index contributed by atoms with van der Waals surface area (Å²) in [7, 11) is 0. The smallest absolute Gasteiger partial charge is 0.103 e. The van der Waals surface area contributed by atoms with E-state index in [9.17, 15) is 5.26 Å². The van der Waals surface area contributed by atoms with Crippen LogP contribution in [0, 0.1) is 18.3 Å². The number of nitrogens with zero attached hydrogens (tertiary/aromatic N) is 2. The molecule has 0 N–H and O–H groups in total. The summed E-state index contributed by atoms with van der Waals surface area (Å²) < 4.78 is 0.832. The van der Waals surface area contributed by atoms with Crippen molar-refractivity contribution in [2.24, 2.45) is 0 Å². The quantitative estimate of drug-likeness (QED) is 0.814. The van der Waals surface area contributed by atoms with Crippen molar-refractivity contribution in [3.05, 3.63) is 58.1 Å². The number of rotatable bonds is 3. The molecule has 2 aromatic rings. The molecule has 0 aromatic heterocycles. The summed E-state index contributed by atoms with van der Waals surface area (Å²) in [5, 5.41) is 9.33. The molecule has 0 saturated carbocycles. The van der Waals surface area contributed by atoms with Crippen LogP contribution >= 0.6 is 15.9 Å². The zero-order valence-corrected chi connectivity index (χ0v) is 12.6. The first-order valence-corrected chi connectivity index (χ1v) is 6.99. The highest BCUT2D eigenvalue weighted by Crippen LogP contribution is 2.32. The van der Waals surface area contributed by atoms with Crippen molar-refractivity contribution in [3.63, 3.8) is 0 Å². The van der Waals surface area contributed by atoms with Crippen molar-refractivity contribution in [2.75, 3.05) is 11.4 Å². The standard InChI is InChI=1S/C16H15BrN2/c1-3-19(13-9-7-12(2)8-10-13)16-6-4-5-15(17)14(16)11-18/h4-10H,3H2,1-2H3. The van der Waals surface area contributed by atoms with Crippen molar-refractivity contribution >= 4 is 27.3 Å². The molecule has 0 aliphatic rings. The maximum atomic E-state index is 9.33. The number of hydrogen-bond donors (Lipinski definition) is 0. The summed E-state index contributed by atoms with van der Waals surface area (Å²) in [6.07, 6.45) is 0. The maximum absolute atomic E-state index is 9.33. The van der Waals surface area contributed by atoms with Gasteiger partial charge in [-0.05, 0) is 54.0 Å². The van der Waals surface area contributed by atoms with Crippen molar-refractivity contribution in [1.29, 1.82) is 5.26 Å². The lowest BCUT2D eigenvalue weighted by atomic mass is 10.1. The van der Waals surface area contributed by atoms with E-state index in [1.54, 1.807) is 0 Å². The molecule has 2 nitrogen and oxygen atoms in total. The molecule has 0 amide bonds. The maximum Gasteiger partial charge on any atom is 0.103 e. The van der Waals surface area contributed by atoms with Crippen LogP contribution in [0.5, 0.6) is 0 Å². The molecular formula is C16H15BrN2. The van der Waals surface area contributed by atoms with E-state index < -0.39 is 0 Å². The van der Waals surface area contributed by atoms with E-state index in [2.05, 4.69) is 65.0 Å². The predicted molar refractivity (Wildman–Crippen MR) is 82.7 cm³/mol. The van der Waals surface area contributed by atoms with Crippen LogP contribution in [0.2, 0.25) is 0 Å². The molecule has 0 heterocycles. The molecule has 0 atom stereocenters. The van der Waals surface area contributed by atoms with Gasteiger partial charge >= 0.3 is 0 Å². The molecule has 0 unspecified atom stereocenters. The Morgan fingerprint density at radius 1 is 1.16 bits per heavy atom. The fourth-order valence-corrected chi connectivity index (χ4v) is 2.51. The number of anilines is 2. The minimum Gasteiger partial charge on any atom is -0.341 e. The Labute approximate surface area is 122 Å². The highest BCUT2D eigenvalue weighted by molar-refractivity contribution is 9.10. The van der Waals surface area contributed by atoms with Gasteiger partial charge in [-0.25, -0.2) is 0 Å². The predicted octanol–water partition coefficient (Wildman–Crippen LogP) is 4.79. The summed E-state index contributed by atoms with van der Waals surface area (Å²) >= 11 is 3.44. The molecule has 3 heteroatoms. The molecule has 0 bridgehead atoms. The minimum absolute atomic E-state index is 0.671. The van der Waals surface area contributed by atoms with E-state index >= 15 is 0 Å². The van der Waals surface area contributed by atoms with E-state index in [-0.39, 0.29) is 0 Å². The first-order chi connectivity index (χ1) is 9.17. The number of benzene rings is 2. The Hall–Kier alpha value is -1.79. The van der Waals surface area contributed by atoms with Crippen LogP contribution in [0.3, 0.4) is 0 Å². The monoisotopic (exact) mass is 314 g/mol. The topological polar surface area (TPSA) is 27.0 Å². The average Bonchev–Trinajstić information content (AvgIpc) is 2.42. The minimum atomic E-state index is 0.671. The normalized spacial score (nSPS) is 10.0. The average molecular weight is 315 g/mol. The van der Waals surface area contributed by atoms with Crippen LogP contribution in [0.25, 0.3) is 0 Å². The summed E-state index contributed by atoms with van der Waals surface area (Å²) in [6, 6.07) is 16.4. The SMILES string of the molecule is CCN(c1ccc(C)cc1)c1cccc(Br)c1C#N. The third kappa shape index (κ3) is 2.80. The molecule has 2 rings (SSSR count). The van der Waals surface area contributed by atoms with Crippen molar-refractivity contribution < 1.29 is 0 Å². The Balaban J connectivity index is 2.52. The lowest BCUT2D eigenvalue weighted by Crippen LogP contribution is -2.17. The van der Waals surface area contributed by atoms with Gasteiger partial charge in [0.1, 0.15) is 6.07 Å². The van der Waals surface area contributed by atoms with E-state index in [1.807, 2.05) is 18.2 Å². The summed E-state index contributed by atoms with van der Waals surface area (Å²) in [6.45, 7) is 4.97. The van der Waals surface area contributed by atoms with Crippen LogP contribution in [0.15, 0.2) is 46.9 Å². The lowest BCUT2D eigenvalue weighted by Gasteiger charge is -2.24. The third-order valence-corrected chi connectivity index (χ3v) is 3.72. The third-order valence-electron chi connectivity index (χ3n) is 3.06. The first-order valence-electron chi connectivity index (χ1n) is 6.20. The fourth-order valence-electron chi connectivity index (χ4n) is 2.07. The van der Waals surface area contributed by atoms with Gasteiger partial charge < -0.3 is 4.90 Å². The van der Waals surface area contributed by atoms with Gasteiger partial charge in [0.05, 0.1) is 11.3 Å². The van der Waals surface area contributed by atoms with Gasteiger partial charge in [0.25, 0.3) is 0 Å². The number of hydrogen-bond acceptors (Lipinski definition) is 2. The summed E-state index contributed by atoms with van der Waals surface area (Å²) in [4.78, 5) is 2.14. The lowest BCUT2D eigenvalue weighted by molar-refractivity contribution is 1.02. The largest absolute Gasteiger partial charge is 0.341 e. The molecule has 96 valence electrons. The zero-order chi connectivity index (χ0) is 13.8. The van der Waals surface area contributed by atoms with Gasteiger partial charge in [-0.3, -0.25) is 0 Å². The molecule has 0 aliphatic carbocycles. The Bertz CT molecular complexity index is 612. The van der Waals surface area contributed by atoms with E-state index in [4.69, 9.17) is 0 Å². The van der Waals surface area contributed by atoms with Gasteiger partial charge in [-0.1, -0.05) is 23.8 Å². The van der Waals surface area contributed by atoms with Gasteiger partial charge in [0.15, 0.2) is 0 Å². The Morgan fingerprint density at radius 2 is 1.84 bits per heavy atom. The van der Waals surface area contributed by atoms with E-state index in [0.29, 0.717) is 5.56 Å². The fraction of sp³-hybridized carbons (Fsp3) is 0.188. The molecular weight excluding hydrogens is 300 g/mol. The zero-order valence-electron chi connectivity index (χ0n) is 11.0. The van der Waals surface area contributed by atoms with Crippen LogP contribution in [-0.4, -0.2) is 6.54 Å².